The van der Waals surface area contributed by atoms with Crippen molar-refractivity contribution in [3.8, 4) is 0 Å². The average Bonchev–Trinajstić information content (AvgIpc) is 2.68. The second kappa shape index (κ2) is 12.5. The molecule has 2 N–H and O–H groups in total. The smallest absolute Gasteiger partial charge is 0.274 e. The van der Waals surface area contributed by atoms with E-state index in [4.69, 9.17) is 0 Å². The summed E-state index contributed by atoms with van der Waals surface area (Å²) in [6.45, 7) is 1.45. The molecule has 5 heteroatoms. The Hall–Kier alpha value is -2.82. The molecule has 0 spiro atoms. The van der Waals surface area contributed by atoms with Crippen LogP contribution in [0.3, 0.4) is 0 Å². The molecule has 0 bridgehead atoms. The molecule has 0 heterocycles. The molecule has 0 atom stereocenters. The number of nitrogens with one attached hydrogen (secondary N) is 2. The van der Waals surface area contributed by atoms with Crippen LogP contribution in [-0.2, 0) is 12.8 Å². The molecule has 0 fully saturated rings. The molecule has 0 aliphatic rings. The van der Waals surface area contributed by atoms with Crippen molar-refractivity contribution in [1.82, 2.24) is 10.6 Å². The lowest BCUT2D eigenvalue weighted by molar-refractivity contribution is -0.404. The topological polar surface area (TPSA) is 67.2 Å². The van der Waals surface area contributed by atoms with Gasteiger partial charge in [0.05, 0.1) is 4.92 Å². The van der Waals surface area contributed by atoms with Crippen molar-refractivity contribution in [3.63, 3.8) is 0 Å². The summed E-state index contributed by atoms with van der Waals surface area (Å²) in [5.41, 5.74) is 2.66. The fourth-order valence-corrected chi connectivity index (χ4v) is 2.90. The van der Waals surface area contributed by atoms with Crippen LogP contribution in [0, 0.1) is 10.1 Å². The number of nitrogens with zero attached hydrogens (tertiary/aromatic N) is 1. The second-order valence-electron chi connectivity index (χ2n) is 6.57. The Labute approximate surface area is 161 Å². The standard InChI is InChI=1S/C22H29N3O2/c26-25(27)19-22(23-17-9-7-15-20-11-3-1-4-12-20)24-18-10-8-16-21-13-5-2-6-14-21/h1-6,11-14,19,23-24H,7-10,15-18H2. The van der Waals surface area contributed by atoms with Gasteiger partial charge < -0.3 is 10.6 Å². The van der Waals surface area contributed by atoms with Crippen molar-refractivity contribution >= 4 is 0 Å². The number of hydrogen-bond acceptors (Lipinski definition) is 4. The molecule has 2 aromatic rings. The molecule has 2 aromatic carbocycles. The van der Waals surface area contributed by atoms with Crippen LogP contribution in [-0.4, -0.2) is 18.0 Å². The van der Waals surface area contributed by atoms with Crippen molar-refractivity contribution in [2.75, 3.05) is 13.1 Å². The van der Waals surface area contributed by atoms with E-state index in [1.807, 2.05) is 36.4 Å². The Bertz CT molecular complexity index is 636. The first kappa shape index (κ1) is 20.5. The van der Waals surface area contributed by atoms with Gasteiger partial charge >= 0.3 is 0 Å². The van der Waals surface area contributed by atoms with Crippen LogP contribution in [0.5, 0.6) is 0 Å². The van der Waals surface area contributed by atoms with Crippen LogP contribution >= 0.6 is 0 Å². The molecule has 0 radical (unpaired) electrons. The lowest BCUT2D eigenvalue weighted by Crippen LogP contribution is -2.29. The zero-order valence-electron chi connectivity index (χ0n) is 15.8. The van der Waals surface area contributed by atoms with Crippen molar-refractivity contribution in [3.05, 3.63) is 93.9 Å². The van der Waals surface area contributed by atoms with Crippen LogP contribution in [0.1, 0.15) is 36.8 Å². The van der Waals surface area contributed by atoms with E-state index in [0.29, 0.717) is 5.82 Å². The molecule has 0 aliphatic heterocycles. The predicted octanol–water partition coefficient (Wildman–Crippen LogP) is 4.29. The minimum atomic E-state index is -0.413. The van der Waals surface area contributed by atoms with Crippen molar-refractivity contribution in [2.45, 2.75) is 38.5 Å². The Morgan fingerprint density at radius 3 is 1.63 bits per heavy atom. The molecule has 0 saturated carbocycles. The van der Waals surface area contributed by atoms with Gasteiger partial charge in [-0.2, -0.15) is 0 Å². The average molecular weight is 367 g/mol. The summed E-state index contributed by atoms with van der Waals surface area (Å²) < 4.78 is 0. The monoisotopic (exact) mass is 367 g/mol. The molecule has 0 aromatic heterocycles. The van der Waals surface area contributed by atoms with Gasteiger partial charge in [0.1, 0.15) is 0 Å². The third kappa shape index (κ3) is 9.45. The van der Waals surface area contributed by atoms with Crippen molar-refractivity contribution in [1.29, 1.82) is 0 Å². The molecular formula is C22H29N3O2. The minimum absolute atomic E-state index is 0.413. The number of hydrogen-bond donors (Lipinski definition) is 2. The maximum Gasteiger partial charge on any atom is 0.274 e. The van der Waals surface area contributed by atoms with Crippen LogP contribution in [0.4, 0.5) is 0 Å². The fraction of sp³-hybridized carbons (Fsp3) is 0.364. The van der Waals surface area contributed by atoms with Gasteiger partial charge in [0, 0.05) is 13.1 Å². The van der Waals surface area contributed by atoms with Gasteiger partial charge in [-0.1, -0.05) is 60.7 Å². The van der Waals surface area contributed by atoms with E-state index in [9.17, 15) is 10.1 Å². The number of unbranched alkanes of at least 4 members (excludes halogenated alkanes) is 2. The Morgan fingerprint density at radius 2 is 1.22 bits per heavy atom. The van der Waals surface area contributed by atoms with Gasteiger partial charge in [0.2, 0.25) is 0 Å². The van der Waals surface area contributed by atoms with Gasteiger partial charge in [-0.15, -0.1) is 0 Å². The first-order chi connectivity index (χ1) is 13.2. The second-order valence-corrected chi connectivity index (χ2v) is 6.57. The van der Waals surface area contributed by atoms with Crippen LogP contribution < -0.4 is 10.6 Å². The molecule has 5 nitrogen and oxygen atoms in total. The van der Waals surface area contributed by atoms with Crippen LogP contribution in [0.2, 0.25) is 0 Å². The third-order valence-corrected chi connectivity index (χ3v) is 4.34. The Morgan fingerprint density at radius 1 is 0.778 bits per heavy atom. The van der Waals surface area contributed by atoms with E-state index in [1.54, 1.807) is 0 Å². The highest BCUT2D eigenvalue weighted by atomic mass is 16.6. The van der Waals surface area contributed by atoms with Gasteiger partial charge in [0.25, 0.3) is 6.20 Å². The first-order valence-corrected chi connectivity index (χ1v) is 9.65. The van der Waals surface area contributed by atoms with E-state index < -0.39 is 4.92 Å². The molecule has 0 saturated heterocycles. The molecule has 0 aliphatic carbocycles. The van der Waals surface area contributed by atoms with Crippen molar-refractivity contribution < 1.29 is 4.92 Å². The summed E-state index contributed by atoms with van der Waals surface area (Å²) in [4.78, 5) is 10.4. The number of aryl methyl sites for hydroxylation is 2. The summed E-state index contributed by atoms with van der Waals surface area (Å²) in [5.74, 6) is 0.499. The molecule has 0 amide bonds. The fourth-order valence-electron chi connectivity index (χ4n) is 2.90. The SMILES string of the molecule is O=[N+]([O-])C=C(NCCCCc1ccccc1)NCCCCc1ccccc1. The summed E-state index contributed by atoms with van der Waals surface area (Å²) in [6, 6.07) is 20.7. The van der Waals surface area contributed by atoms with Crippen molar-refractivity contribution in [2.24, 2.45) is 0 Å². The maximum atomic E-state index is 10.8. The van der Waals surface area contributed by atoms with Crippen LogP contribution in [0.15, 0.2) is 72.7 Å². The predicted molar refractivity (Wildman–Crippen MR) is 110 cm³/mol. The summed E-state index contributed by atoms with van der Waals surface area (Å²) in [6.07, 6.45) is 7.14. The quantitative estimate of drug-likeness (QED) is 0.315. The summed E-state index contributed by atoms with van der Waals surface area (Å²) >= 11 is 0. The molecular weight excluding hydrogens is 338 g/mol. The third-order valence-electron chi connectivity index (χ3n) is 4.34. The summed E-state index contributed by atoms with van der Waals surface area (Å²) in [5, 5.41) is 17.1. The van der Waals surface area contributed by atoms with Gasteiger partial charge in [-0.05, 0) is 49.7 Å². The van der Waals surface area contributed by atoms with Gasteiger partial charge in [0.15, 0.2) is 5.82 Å². The Kier molecular flexibility index (Phi) is 9.50. The minimum Gasteiger partial charge on any atom is -0.367 e. The number of rotatable bonds is 13. The largest absolute Gasteiger partial charge is 0.367 e. The molecule has 0 unspecified atom stereocenters. The molecule has 2 rings (SSSR count). The Balaban J connectivity index is 1.60. The molecule has 27 heavy (non-hydrogen) atoms. The highest BCUT2D eigenvalue weighted by Gasteiger charge is 2.02. The van der Waals surface area contributed by atoms with E-state index in [2.05, 4.69) is 34.9 Å². The van der Waals surface area contributed by atoms with Gasteiger partial charge in [-0.3, -0.25) is 10.1 Å². The summed E-state index contributed by atoms with van der Waals surface area (Å²) in [7, 11) is 0. The maximum absolute atomic E-state index is 10.8. The van der Waals surface area contributed by atoms with E-state index >= 15 is 0 Å². The van der Waals surface area contributed by atoms with E-state index in [1.165, 1.54) is 11.1 Å². The van der Waals surface area contributed by atoms with Crippen LogP contribution in [0.25, 0.3) is 0 Å². The lowest BCUT2D eigenvalue weighted by Gasteiger charge is -2.11. The zero-order valence-corrected chi connectivity index (χ0v) is 15.8. The lowest BCUT2D eigenvalue weighted by atomic mass is 10.1. The molecule has 144 valence electrons. The highest BCUT2D eigenvalue weighted by molar-refractivity contribution is 5.15. The zero-order chi connectivity index (χ0) is 19.2. The van der Waals surface area contributed by atoms with E-state index in [0.717, 1.165) is 57.8 Å². The van der Waals surface area contributed by atoms with E-state index in [-0.39, 0.29) is 0 Å². The van der Waals surface area contributed by atoms with Gasteiger partial charge in [-0.25, -0.2) is 0 Å². The normalized spacial score (nSPS) is 10.2. The highest BCUT2D eigenvalue weighted by Crippen LogP contribution is 2.05. The number of benzene rings is 2. The first-order valence-electron chi connectivity index (χ1n) is 9.65. The number of nitro groups is 1.